The number of carbonyl (C=O) groups is 1. The van der Waals surface area contributed by atoms with E-state index >= 15 is 0 Å². The van der Waals surface area contributed by atoms with E-state index < -0.39 is 0 Å². The highest BCUT2D eigenvalue weighted by atomic mass is 35.5. The smallest absolute Gasteiger partial charge is 0.220 e. The first-order valence-corrected chi connectivity index (χ1v) is 8.58. The summed E-state index contributed by atoms with van der Waals surface area (Å²) in [6, 6.07) is 7.90. The van der Waals surface area contributed by atoms with E-state index in [1.54, 1.807) is 0 Å². The van der Waals surface area contributed by atoms with Gasteiger partial charge in [0.25, 0.3) is 0 Å². The van der Waals surface area contributed by atoms with Gasteiger partial charge in [-0.05, 0) is 61.1 Å². The van der Waals surface area contributed by atoms with Gasteiger partial charge in [0.1, 0.15) is 0 Å². The molecular weight excluding hydrogens is 282 g/mol. The van der Waals surface area contributed by atoms with E-state index in [0.29, 0.717) is 12.3 Å². The van der Waals surface area contributed by atoms with Gasteiger partial charge < -0.3 is 5.32 Å². The molecule has 2 saturated carbocycles. The van der Waals surface area contributed by atoms with Crippen LogP contribution < -0.4 is 5.32 Å². The van der Waals surface area contributed by atoms with Gasteiger partial charge in [-0.25, -0.2) is 0 Å². The molecule has 0 saturated heterocycles. The molecule has 0 aromatic heterocycles. The van der Waals surface area contributed by atoms with Crippen molar-refractivity contribution in [3.63, 3.8) is 0 Å². The molecule has 114 valence electrons. The van der Waals surface area contributed by atoms with Crippen LogP contribution in [0.3, 0.4) is 0 Å². The molecule has 1 aromatic carbocycles. The zero-order chi connectivity index (χ0) is 14.8. The monoisotopic (exact) mass is 305 g/mol. The van der Waals surface area contributed by atoms with Gasteiger partial charge in [0.15, 0.2) is 0 Å². The number of benzene rings is 1. The molecule has 0 aliphatic heterocycles. The van der Waals surface area contributed by atoms with Crippen LogP contribution in [-0.4, -0.2) is 5.91 Å². The number of amides is 1. The van der Waals surface area contributed by atoms with Gasteiger partial charge in [0.05, 0.1) is 6.04 Å². The zero-order valence-corrected chi connectivity index (χ0v) is 13.4. The lowest BCUT2D eigenvalue weighted by Gasteiger charge is -2.23. The van der Waals surface area contributed by atoms with E-state index in [2.05, 4.69) is 12.2 Å². The van der Waals surface area contributed by atoms with Gasteiger partial charge >= 0.3 is 0 Å². The van der Waals surface area contributed by atoms with Crippen LogP contribution in [0.25, 0.3) is 0 Å². The Kier molecular flexibility index (Phi) is 4.54. The second-order valence-electron chi connectivity index (χ2n) is 6.72. The van der Waals surface area contributed by atoms with Crippen LogP contribution >= 0.6 is 11.6 Å². The first-order chi connectivity index (χ1) is 10.2. The van der Waals surface area contributed by atoms with Crippen molar-refractivity contribution in [2.45, 2.75) is 51.5 Å². The third-order valence-electron chi connectivity index (χ3n) is 5.35. The maximum Gasteiger partial charge on any atom is 0.220 e. The summed E-state index contributed by atoms with van der Waals surface area (Å²) in [7, 11) is 0. The van der Waals surface area contributed by atoms with Crippen molar-refractivity contribution in [3.8, 4) is 0 Å². The quantitative estimate of drug-likeness (QED) is 0.837. The normalized spacial score (nSPS) is 28.6. The molecule has 2 nitrogen and oxygen atoms in total. The molecule has 2 aliphatic carbocycles. The Hall–Kier alpha value is -1.02. The van der Waals surface area contributed by atoms with Crippen molar-refractivity contribution in [1.82, 2.24) is 5.32 Å². The fourth-order valence-corrected chi connectivity index (χ4v) is 4.36. The highest BCUT2D eigenvalue weighted by molar-refractivity contribution is 6.30. The average molecular weight is 306 g/mol. The van der Waals surface area contributed by atoms with E-state index in [1.807, 2.05) is 24.3 Å². The summed E-state index contributed by atoms with van der Waals surface area (Å²) < 4.78 is 0. The molecule has 1 N–H and O–H groups in total. The summed E-state index contributed by atoms with van der Waals surface area (Å²) in [5.41, 5.74) is 1.14. The molecule has 1 aromatic rings. The van der Waals surface area contributed by atoms with Gasteiger partial charge in [-0.1, -0.05) is 37.1 Å². The molecule has 0 heterocycles. The number of nitrogens with one attached hydrogen (secondary N) is 1. The summed E-state index contributed by atoms with van der Waals surface area (Å²) in [4.78, 5) is 12.3. The highest BCUT2D eigenvalue weighted by Crippen LogP contribution is 2.49. The van der Waals surface area contributed by atoms with Crippen LogP contribution in [0.1, 0.15) is 57.1 Å². The lowest BCUT2D eigenvalue weighted by atomic mass is 9.86. The van der Waals surface area contributed by atoms with Gasteiger partial charge in [-0.2, -0.15) is 0 Å². The summed E-state index contributed by atoms with van der Waals surface area (Å²) in [6.45, 7) is 2.11. The fourth-order valence-electron chi connectivity index (χ4n) is 4.23. The standard InChI is InChI=1S/C18H24ClNO/c1-2-17(13-5-7-16(19)8-6-13)20-18(21)11-15-10-12-3-4-14(15)9-12/h5-8,12,14-15,17H,2-4,9-11H2,1H3,(H,20,21). The first kappa shape index (κ1) is 14.9. The lowest BCUT2D eigenvalue weighted by Crippen LogP contribution is -2.30. The maximum absolute atomic E-state index is 12.3. The minimum Gasteiger partial charge on any atom is -0.349 e. The van der Waals surface area contributed by atoms with E-state index in [4.69, 9.17) is 11.6 Å². The number of halogens is 1. The third kappa shape index (κ3) is 3.42. The van der Waals surface area contributed by atoms with Gasteiger partial charge in [-0.15, -0.1) is 0 Å². The van der Waals surface area contributed by atoms with E-state index in [0.717, 1.165) is 28.8 Å². The van der Waals surface area contributed by atoms with E-state index in [9.17, 15) is 4.79 Å². The second-order valence-corrected chi connectivity index (χ2v) is 7.16. The molecule has 2 aliphatic rings. The predicted octanol–water partition coefficient (Wildman–Crippen LogP) is 4.73. The highest BCUT2D eigenvalue weighted by Gasteiger charge is 2.40. The number of hydrogen-bond donors (Lipinski definition) is 1. The topological polar surface area (TPSA) is 29.1 Å². The number of carbonyl (C=O) groups excluding carboxylic acids is 1. The molecule has 4 unspecified atom stereocenters. The van der Waals surface area contributed by atoms with E-state index in [-0.39, 0.29) is 11.9 Å². The second kappa shape index (κ2) is 6.39. The molecule has 3 rings (SSSR count). The summed E-state index contributed by atoms with van der Waals surface area (Å²) in [6.07, 6.45) is 7.00. The zero-order valence-electron chi connectivity index (χ0n) is 12.6. The molecule has 0 spiro atoms. The minimum atomic E-state index is 0.105. The minimum absolute atomic E-state index is 0.105. The van der Waals surface area contributed by atoms with Crippen molar-refractivity contribution in [3.05, 3.63) is 34.9 Å². The van der Waals surface area contributed by atoms with Crippen molar-refractivity contribution in [1.29, 1.82) is 0 Å². The Bertz CT molecular complexity index is 498. The maximum atomic E-state index is 12.3. The SMILES string of the molecule is CCC(NC(=O)CC1CC2CCC1C2)c1ccc(Cl)cc1. The van der Waals surface area contributed by atoms with Crippen molar-refractivity contribution in [2.75, 3.05) is 0 Å². The average Bonchev–Trinajstić information content (AvgIpc) is 3.08. The number of rotatable bonds is 5. The molecule has 21 heavy (non-hydrogen) atoms. The van der Waals surface area contributed by atoms with Crippen LogP contribution in [0, 0.1) is 17.8 Å². The van der Waals surface area contributed by atoms with Crippen molar-refractivity contribution < 1.29 is 4.79 Å². The summed E-state index contributed by atoms with van der Waals surface area (Å²) >= 11 is 5.93. The third-order valence-corrected chi connectivity index (χ3v) is 5.60. The largest absolute Gasteiger partial charge is 0.349 e. The summed E-state index contributed by atoms with van der Waals surface area (Å²) in [5.74, 6) is 2.57. The Labute approximate surface area is 132 Å². The van der Waals surface area contributed by atoms with Gasteiger partial charge in [0.2, 0.25) is 5.91 Å². The van der Waals surface area contributed by atoms with Gasteiger partial charge in [0, 0.05) is 11.4 Å². The molecule has 0 radical (unpaired) electrons. The Balaban J connectivity index is 1.56. The molecule has 2 fully saturated rings. The first-order valence-electron chi connectivity index (χ1n) is 8.20. The van der Waals surface area contributed by atoms with Crippen molar-refractivity contribution in [2.24, 2.45) is 17.8 Å². The molecule has 4 atom stereocenters. The number of hydrogen-bond acceptors (Lipinski definition) is 1. The van der Waals surface area contributed by atoms with Crippen molar-refractivity contribution >= 4 is 17.5 Å². The van der Waals surface area contributed by atoms with Crippen LogP contribution in [0.4, 0.5) is 0 Å². The van der Waals surface area contributed by atoms with E-state index in [1.165, 1.54) is 25.7 Å². The van der Waals surface area contributed by atoms with Crippen LogP contribution in [0.2, 0.25) is 5.02 Å². The summed E-state index contributed by atoms with van der Waals surface area (Å²) in [5, 5.41) is 3.94. The van der Waals surface area contributed by atoms with Crippen LogP contribution in [0.5, 0.6) is 0 Å². The predicted molar refractivity (Wildman–Crippen MR) is 86.2 cm³/mol. The molecule has 1 amide bonds. The van der Waals surface area contributed by atoms with Crippen LogP contribution in [-0.2, 0) is 4.79 Å². The molecule has 3 heteroatoms. The molecule has 2 bridgehead atoms. The molecular formula is C18H24ClNO. The Morgan fingerprint density at radius 3 is 2.62 bits per heavy atom. The Morgan fingerprint density at radius 2 is 2.05 bits per heavy atom. The lowest BCUT2D eigenvalue weighted by molar-refractivity contribution is -0.123. The number of fused-ring (bicyclic) bond motifs is 2. The fraction of sp³-hybridized carbons (Fsp3) is 0.611. The van der Waals surface area contributed by atoms with Crippen LogP contribution in [0.15, 0.2) is 24.3 Å². The van der Waals surface area contributed by atoms with Gasteiger partial charge in [-0.3, -0.25) is 4.79 Å². The Morgan fingerprint density at radius 1 is 1.29 bits per heavy atom.